The lowest BCUT2D eigenvalue weighted by Crippen LogP contribution is -2.07. The number of aromatic carboxylic acids is 1. The molecule has 0 amide bonds. The number of nitrogens with zero attached hydrogens (tertiary/aromatic N) is 4. The molecule has 2 rings (SSSR count). The summed E-state index contributed by atoms with van der Waals surface area (Å²) in [4.78, 5) is 15.1. The molecule has 2 aromatic rings. The molecular formula is C14H14N4O2. The first-order valence-corrected chi connectivity index (χ1v) is 6.15. The summed E-state index contributed by atoms with van der Waals surface area (Å²) in [6, 6.07) is 7.26. The number of nitriles is 1. The van der Waals surface area contributed by atoms with E-state index < -0.39 is 5.97 Å². The fourth-order valence-electron chi connectivity index (χ4n) is 1.87. The minimum absolute atomic E-state index is 0.0146. The average molecular weight is 270 g/mol. The number of carboxylic acids is 1. The summed E-state index contributed by atoms with van der Waals surface area (Å²) in [5.41, 5.74) is 2.06. The van der Waals surface area contributed by atoms with Crippen LogP contribution in [0.15, 0.2) is 18.2 Å². The van der Waals surface area contributed by atoms with Gasteiger partial charge in [0, 0.05) is 5.92 Å². The summed E-state index contributed by atoms with van der Waals surface area (Å²) in [5, 5.41) is 22.0. The van der Waals surface area contributed by atoms with Gasteiger partial charge >= 0.3 is 5.97 Å². The fraction of sp³-hybridized carbons (Fsp3) is 0.286. The molecule has 0 saturated heterocycles. The van der Waals surface area contributed by atoms with E-state index in [0.717, 1.165) is 5.56 Å². The van der Waals surface area contributed by atoms with Crippen molar-refractivity contribution >= 4 is 5.97 Å². The van der Waals surface area contributed by atoms with Gasteiger partial charge in [0.2, 0.25) is 0 Å². The van der Waals surface area contributed by atoms with Gasteiger partial charge in [-0.3, -0.25) is 0 Å². The van der Waals surface area contributed by atoms with Crippen LogP contribution in [-0.2, 0) is 0 Å². The molecule has 1 heterocycles. The van der Waals surface area contributed by atoms with Crippen molar-refractivity contribution in [3.8, 4) is 11.8 Å². The third-order valence-corrected chi connectivity index (χ3v) is 2.91. The molecule has 0 saturated carbocycles. The zero-order valence-corrected chi connectivity index (χ0v) is 11.5. The Labute approximate surface area is 116 Å². The molecule has 102 valence electrons. The summed E-state index contributed by atoms with van der Waals surface area (Å²) in [5.74, 6) is -0.837. The molecule has 0 aliphatic rings. The first-order chi connectivity index (χ1) is 9.43. The minimum atomic E-state index is -1.17. The Morgan fingerprint density at radius 1 is 1.45 bits per heavy atom. The van der Waals surface area contributed by atoms with Crippen LogP contribution in [0.25, 0.3) is 5.69 Å². The van der Waals surface area contributed by atoms with Gasteiger partial charge in [0.25, 0.3) is 5.82 Å². The average Bonchev–Trinajstić information content (AvgIpc) is 2.84. The van der Waals surface area contributed by atoms with Crippen LogP contribution < -0.4 is 0 Å². The van der Waals surface area contributed by atoms with Crippen molar-refractivity contribution in [2.24, 2.45) is 0 Å². The highest BCUT2D eigenvalue weighted by atomic mass is 16.4. The van der Waals surface area contributed by atoms with Gasteiger partial charge in [-0.1, -0.05) is 19.9 Å². The maximum Gasteiger partial charge on any atom is 0.375 e. The van der Waals surface area contributed by atoms with Crippen molar-refractivity contribution in [1.82, 2.24) is 14.8 Å². The SMILES string of the molecule is Cc1ccc(C#N)cc1-n1nc(C(=O)O)nc1C(C)C. The van der Waals surface area contributed by atoms with Gasteiger partial charge in [-0.05, 0) is 24.6 Å². The largest absolute Gasteiger partial charge is 0.475 e. The molecular weight excluding hydrogens is 256 g/mol. The quantitative estimate of drug-likeness (QED) is 0.923. The number of rotatable bonds is 3. The first kappa shape index (κ1) is 13.7. The third kappa shape index (κ3) is 2.38. The second kappa shape index (κ2) is 5.13. The Hall–Kier alpha value is -2.68. The van der Waals surface area contributed by atoms with Crippen molar-refractivity contribution in [2.45, 2.75) is 26.7 Å². The highest BCUT2D eigenvalue weighted by molar-refractivity contribution is 5.83. The second-order valence-electron chi connectivity index (χ2n) is 4.78. The Balaban J connectivity index is 2.68. The zero-order valence-electron chi connectivity index (χ0n) is 11.5. The normalized spacial score (nSPS) is 10.6. The molecule has 0 atom stereocenters. The standard InChI is InChI=1S/C14H14N4O2/c1-8(2)13-16-12(14(19)20)17-18(13)11-6-10(7-15)5-4-9(11)3/h4-6,8H,1-3H3,(H,19,20). The maximum atomic E-state index is 11.0. The molecule has 0 radical (unpaired) electrons. The number of hydrogen-bond acceptors (Lipinski definition) is 4. The molecule has 6 nitrogen and oxygen atoms in total. The maximum absolute atomic E-state index is 11.0. The predicted octanol–water partition coefficient (Wildman–Crippen LogP) is 2.27. The molecule has 1 aromatic heterocycles. The van der Waals surface area contributed by atoms with Gasteiger partial charge in [-0.2, -0.15) is 5.26 Å². The van der Waals surface area contributed by atoms with E-state index in [-0.39, 0.29) is 11.7 Å². The van der Waals surface area contributed by atoms with Crippen molar-refractivity contribution in [2.75, 3.05) is 0 Å². The summed E-state index contributed by atoms with van der Waals surface area (Å²) in [7, 11) is 0. The zero-order chi connectivity index (χ0) is 14.9. The number of hydrogen-bond donors (Lipinski definition) is 1. The Bertz CT molecular complexity index is 710. The van der Waals surface area contributed by atoms with Crippen LogP contribution in [0.1, 0.15) is 47.3 Å². The van der Waals surface area contributed by atoms with E-state index in [0.29, 0.717) is 17.1 Å². The number of aromatic nitrogens is 3. The van der Waals surface area contributed by atoms with E-state index in [1.807, 2.05) is 20.8 Å². The van der Waals surface area contributed by atoms with E-state index in [9.17, 15) is 4.79 Å². The van der Waals surface area contributed by atoms with Crippen molar-refractivity contribution in [3.63, 3.8) is 0 Å². The molecule has 0 aliphatic carbocycles. The van der Waals surface area contributed by atoms with Crippen LogP contribution in [0, 0.1) is 18.3 Å². The van der Waals surface area contributed by atoms with Gasteiger partial charge < -0.3 is 5.11 Å². The Morgan fingerprint density at radius 3 is 2.70 bits per heavy atom. The lowest BCUT2D eigenvalue weighted by Gasteiger charge is -2.11. The molecule has 0 aliphatic heterocycles. The summed E-state index contributed by atoms with van der Waals surface area (Å²) in [6.45, 7) is 5.70. The van der Waals surface area contributed by atoms with Gasteiger partial charge in [-0.15, -0.1) is 5.10 Å². The highest BCUT2D eigenvalue weighted by Crippen LogP contribution is 2.21. The molecule has 0 bridgehead atoms. The number of carboxylic acid groups (broad SMARTS) is 1. The molecule has 0 fully saturated rings. The van der Waals surface area contributed by atoms with Gasteiger partial charge in [0.15, 0.2) is 0 Å². The smallest absolute Gasteiger partial charge is 0.375 e. The Morgan fingerprint density at radius 2 is 2.15 bits per heavy atom. The molecule has 0 spiro atoms. The van der Waals surface area contributed by atoms with Gasteiger partial charge in [-0.25, -0.2) is 14.5 Å². The van der Waals surface area contributed by atoms with Gasteiger partial charge in [0.05, 0.1) is 17.3 Å². The lowest BCUT2D eigenvalue weighted by molar-refractivity contribution is 0.0683. The van der Waals surface area contributed by atoms with E-state index in [2.05, 4.69) is 16.2 Å². The van der Waals surface area contributed by atoms with E-state index in [4.69, 9.17) is 10.4 Å². The van der Waals surface area contributed by atoms with Crippen molar-refractivity contribution < 1.29 is 9.90 Å². The lowest BCUT2D eigenvalue weighted by atomic mass is 10.1. The molecule has 1 aromatic carbocycles. The number of carbonyl (C=O) groups is 1. The Kier molecular flexibility index (Phi) is 3.53. The van der Waals surface area contributed by atoms with Crippen molar-refractivity contribution in [1.29, 1.82) is 5.26 Å². The monoisotopic (exact) mass is 270 g/mol. The third-order valence-electron chi connectivity index (χ3n) is 2.91. The fourth-order valence-corrected chi connectivity index (χ4v) is 1.87. The van der Waals surface area contributed by atoms with E-state index >= 15 is 0 Å². The van der Waals surface area contributed by atoms with Crippen LogP contribution in [-0.4, -0.2) is 25.8 Å². The number of benzene rings is 1. The summed E-state index contributed by atoms with van der Waals surface area (Å²) >= 11 is 0. The minimum Gasteiger partial charge on any atom is -0.475 e. The van der Waals surface area contributed by atoms with Gasteiger partial charge in [0.1, 0.15) is 5.82 Å². The molecule has 6 heteroatoms. The summed E-state index contributed by atoms with van der Waals surface area (Å²) < 4.78 is 1.50. The predicted molar refractivity (Wildman–Crippen MR) is 71.9 cm³/mol. The topological polar surface area (TPSA) is 91.8 Å². The highest BCUT2D eigenvalue weighted by Gasteiger charge is 2.19. The second-order valence-corrected chi connectivity index (χ2v) is 4.78. The van der Waals surface area contributed by atoms with Crippen LogP contribution in [0.2, 0.25) is 0 Å². The first-order valence-electron chi connectivity index (χ1n) is 6.15. The van der Waals surface area contributed by atoms with Crippen molar-refractivity contribution in [3.05, 3.63) is 41.0 Å². The van der Waals surface area contributed by atoms with Crippen LogP contribution in [0.3, 0.4) is 0 Å². The molecule has 0 unspecified atom stereocenters. The molecule has 20 heavy (non-hydrogen) atoms. The van der Waals surface area contributed by atoms with Crippen LogP contribution in [0.5, 0.6) is 0 Å². The number of aryl methyl sites for hydroxylation is 1. The molecule has 1 N–H and O–H groups in total. The van der Waals surface area contributed by atoms with Crippen LogP contribution in [0.4, 0.5) is 0 Å². The van der Waals surface area contributed by atoms with E-state index in [1.165, 1.54) is 4.68 Å². The van der Waals surface area contributed by atoms with E-state index in [1.54, 1.807) is 18.2 Å². The van der Waals surface area contributed by atoms with Crippen LogP contribution >= 0.6 is 0 Å². The summed E-state index contributed by atoms with van der Waals surface area (Å²) in [6.07, 6.45) is 0.